The van der Waals surface area contributed by atoms with Crippen LogP contribution in [0.3, 0.4) is 0 Å². The molecule has 1 amide bonds. The molecule has 1 N–H and O–H groups in total. The van der Waals surface area contributed by atoms with Crippen molar-refractivity contribution in [3.63, 3.8) is 0 Å². The molecule has 2 atom stereocenters. The largest absolute Gasteiger partial charge is 0.367 e. The average molecular weight is 406 g/mol. The van der Waals surface area contributed by atoms with Gasteiger partial charge in [-0.1, -0.05) is 18.6 Å². The second-order valence-corrected chi connectivity index (χ2v) is 7.97. The summed E-state index contributed by atoms with van der Waals surface area (Å²) in [6, 6.07) is 9.72. The third-order valence-corrected chi connectivity index (χ3v) is 5.68. The first-order valence-corrected chi connectivity index (χ1v) is 10.4. The van der Waals surface area contributed by atoms with Gasteiger partial charge in [-0.15, -0.1) is 5.10 Å². The summed E-state index contributed by atoms with van der Waals surface area (Å²) in [6.07, 6.45) is 5.32. The highest BCUT2D eigenvalue weighted by Crippen LogP contribution is 2.27. The average Bonchev–Trinajstić information content (AvgIpc) is 3.28. The van der Waals surface area contributed by atoms with Crippen LogP contribution >= 0.6 is 0 Å². The molecule has 8 nitrogen and oxygen atoms in total. The lowest BCUT2D eigenvalue weighted by Gasteiger charge is -2.40. The predicted octanol–water partition coefficient (Wildman–Crippen LogP) is 3.03. The van der Waals surface area contributed by atoms with Gasteiger partial charge >= 0.3 is 0 Å². The van der Waals surface area contributed by atoms with E-state index in [1.54, 1.807) is 12.4 Å². The van der Waals surface area contributed by atoms with Gasteiger partial charge in [-0.2, -0.15) is 20.1 Å². The number of carbonyl (C=O) groups excluding carboxylic acids is 1. The Balaban J connectivity index is 1.60. The van der Waals surface area contributed by atoms with E-state index in [1.807, 2.05) is 49.1 Å². The molecule has 0 bridgehead atoms. The second-order valence-electron chi connectivity index (χ2n) is 7.97. The van der Waals surface area contributed by atoms with Crippen molar-refractivity contribution in [2.75, 3.05) is 18.4 Å². The van der Waals surface area contributed by atoms with Crippen LogP contribution < -0.4 is 5.32 Å². The molecule has 0 radical (unpaired) electrons. The summed E-state index contributed by atoms with van der Waals surface area (Å²) in [4.78, 5) is 17.2. The van der Waals surface area contributed by atoms with Gasteiger partial charge in [-0.3, -0.25) is 4.79 Å². The van der Waals surface area contributed by atoms with Crippen molar-refractivity contribution in [2.45, 2.75) is 39.7 Å². The molecular weight excluding hydrogens is 378 g/mol. The van der Waals surface area contributed by atoms with Gasteiger partial charge in [0, 0.05) is 13.1 Å². The Morgan fingerprint density at radius 3 is 2.67 bits per heavy atom. The van der Waals surface area contributed by atoms with Gasteiger partial charge in [0.1, 0.15) is 5.82 Å². The zero-order chi connectivity index (χ0) is 21.1. The molecule has 1 aliphatic heterocycles. The highest BCUT2D eigenvalue weighted by molar-refractivity contribution is 5.98. The Kier molecular flexibility index (Phi) is 5.74. The van der Waals surface area contributed by atoms with E-state index in [9.17, 15) is 4.79 Å². The third kappa shape index (κ3) is 4.17. The molecule has 1 aromatic carbocycles. The summed E-state index contributed by atoms with van der Waals surface area (Å²) in [5.74, 6) is 1.12. The van der Waals surface area contributed by atoms with Crippen molar-refractivity contribution in [1.82, 2.24) is 30.1 Å². The summed E-state index contributed by atoms with van der Waals surface area (Å²) in [7, 11) is 0. The minimum atomic E-state index is 0.0133. The van der Waals surface area contributed by atoms with Crippen LogP contribution in [0.2, 0.25) is 0 Å². The van der Waals surface area contributed by atoms with Crippen molar-refractivity contribution in [3.05, 3.63) is 59.5 Å². The normalized spacial score (nSPS) is 19.0. The summed E-state index contributed by atoms with van der Waals surface area (Å²) in [5.41, 5.74) is 3.23. The summed E-state index contributed by atoms with van der Waals surface area (Å²) in [6.45, 7) is 7.47. The number of likely N-dealkylation sites (tertiary alicyclic amines) is 1. The first kappa shape index (κ1) is 20.0. The maximum Gasteiger partial charge on any atom is 0.256 e. The zero-order valence-corrected chi connectivity index (χ0v) is 17.6. The zero-order valence-electron chi connectivity index (χ0n) is 17.6. The Bertz CT molecular complexity index is 1000. The molecule has 1 saturated heterocycles. The maximum atomic E-state index is 13.7. The van der Waals surface area contributed by atoms with E-state index < -0.39 is 0 Å². The van der Waals surface area contributed by atoms with Crippen molar-refractivity contribution in [3.8, 4) is 5.69 Å². The number of aromatic nitrogens is 5. The molecule has 3 heterocycles. The van der Waals surface area contributed by atoms with Gasteiger partial charge in [-0.05, 0) is 56.9 Å². The second kappa shape index (κ2) is 8.61. The van der Waals surface area contributed by atoms with E-state index in [2.05, 4.69) is 32.6 Å². The van der Waals surface area contributed by atoms with Crippen LogP contribution in [0.1, 0.15) is 41.4 Å². The minimum absolute atomic E-state index is 0.0133. The fourth-order valence-corrected chi connectivity index (χ4v) is 4.01. The number of piperidine rings is 1. The summed E-state index contributed by atoms with van der Waals surface area (Å²) >= 11 is 0. The van der Waals surface area contributed by atoms with Gasteiger partial charge in [-0.25, -0.2) is 0 Å². The topological polar surface area (TPSA) is 88.8 Å². The highest BCUT2D eigenvalue weighted by Gasteiger charge is 2.33. The summed E-state index contributed by atoms with van der Waals surface area (Å²) in [5, 5.41) is 20.1. The molecule has 1 aliphatic rings. The lowest BCUT2D eigenvalue weighted by Crippen LogP contribution is -2.51. The molecule has 1 fully saturated rings. The number of carbonyl (C=O) groups is 1. The van der Waals surface area contributed by atoms with Gasteiger partial charge in [0.2, 0.25) is 0 Å². The van der Waals surface area contributed by atoms with E-state index in [-0.39, 0.29) is 11.9 Å². The van der Waals surface area contributed by atoms with E-state index in [0.29, 0.717) is 23.7 Å². The number of benzene rings is 1. The van der Waals surface area contributed by atoms with Crippen LogP contribution in [0.25, 0.3) is 5.69 Å². The molecule has 30 heavy (non-hydrogen) atoms. The van der Waals surface area contributed by atoms with Crippen LogP contribution in [0.15, 0.2) is 42.7 Å². The van der Waals surface area contributed by atoms with Crippen molar-refractivity contribution >= 4 is 11.7 Å². The van der Waals surface area contributed by atoms with Gasteiger partial charge < -0.3 is 10.2 Å². The van der Waals surface area contributed by atoms with E-state index in [0.717, 1.165) is 36.5 Å². The number of amides is 1. The molecule has 2 aromatic heterocycles. The maximum absolute atomic E-state index is 13.7. The van der Waals surface area contributed by atoms with Gasteiger partial charge in [0.15, 0.2) is 0 Å². The highest BCUT2D eigenvalue weighted by atomic mass is 16.2. The summed E-state index contributed by atoms with van der Waals surface area (Å²) < 4.78 is 0. The monoisotopic (exact) mass is 405 g/mol. The SMILES string of the molecule is Cc1ccc(-n2nccn2)c(C(=O)N2CCCC(C)C2CNc2ccc(C)nn2)c1. The molecule has 2 unspecified atom stereocenters. The number of rotatable bonds is 5. The number of hydrogen-bond acceptors (Lipinski definition) is 6. The standard InChI is InChI=1S/C22H27N7O/c1-15-6-8-19(29-24-10-11-25-29)18(13-15)22(30)28-12-4-5-16(2)20(28)14-23-21-9-7-17(3)26-27-21/h6-11,13,16,20H,4-5,12,14H2,1-3H3,(H,23,27). The Morgan fingerprint density at radius 2 is 1.93 bits per heavy atom. The van der Waals surface area contributed by atoms with Crippen LogP contribution in [0.5, 0.6) is 0 Å². The lowest BCUT2D eigenvalue weighted by molar-refractivity contribution is 0.0539. The van der Waals surface area contributed by atoms with Crippen molar-refractivity contribution in [1.29, 1.82) is 0 Å². The molecular formula is C22H27N7O. The number of nitrogens with zero attached hydrogens (tertiary/aromatic N) is 6. The molecule has 0 saturated carbocycles. The van der Waals surface area contributed by atoms with Crippen LogP contribution in [0, 0.1) is 19.8 Å². The first-order chi connectivity index (χ1) is 14.5. The van der Waals surface area contributed by atoms with Crippen LogP contribution in [-0.2, 0) is 0 Å². The van der Waals surface area contributed by atoms with Gasteiger partial charge in [0.25, 0.3) is 5.91 Å². The van der Waals surface area contributed by atoms with Crippen molar-refractivity contribution in [2.24, 2.45) is 5.92 Å². The molecule has 8 heteroatoms. The lowest BCUT2D eigenvalue weighted by atomic mass is 9.89. The Labute approximate surface area is 176 Å². The Morgan fingerprint density at radius 1 is 1.13 bits per heavy atom. The van der Waals surface area contributed by atoms with E-state index in [4.69, 9.17) is 0 Å². The van der Waals surface area contributed by atoms with E-state index in [1.165, 1.54) is 4.80 Å². The Hall–Kier alpha value is -3.29. The molecule has 0 aliphatic carbocycles. The van der Waals surface area contributed by atoms with Crippen LogP contribution in [0.4, 0.5) is 5.82 Å². The smallest absolute Gasteiger partial charge is 0.256 e. The third-order valence-electron chi connectivity index (χ3n) is 5.68. The predicted molar refractivity (Wildman–Crippen MR) is 115 cm³/mol. The van der Waals surface area contributed by atoms with Gasteiger partial charge in [0.05, 0.1) is 35.4 Å². The molecule has 156 valence electrons. The quantitative estimate of drug-likeness (QED) is 0.702. The van der Waals surface area contributed by atoms with Crippen LogP contribution in [-0.4, -0.2) is 55.1 Å². The number of anilines is 1. The fourth-order valence-electron chi connectivity index (χ4n) is 4.01. The molecule has 4 rings (SSSR count). The number of hydrogen-bond donors (Lipinski definition) is 1. The first-order valence-electron chi connectivity index (χ1n) is 10.4. The molecule has 0 spiro atoms. The number of nitrogens with one attached hydrogen (secondary N) is 1. The number of aryl methyl sites for hydroxylation is 2. The van der Waals surface area contributed by atoms with Crippen molar-refractivity contribution < 1.29 is 4.79 Å². The minimum Gasteiger partial charge on any atom is -0.367 e. The van der Waals surface area contributed by atoms with E-state index >= 15 is 0 Å². The fraction of sp³-hybridized carbons (Fsp3) is 0.409. The molecule has 3 aromatic rings.